The third kappa shape index (κ3) is 4.99. The van der Waals surface area contributed by atoms with Crippen LogP contribution in [-0.4, -0.2) is 36.0 Å². The number of ether oxygens (including phenoxy) is 1. The summed E-state index contributed by atoms with van der Waals surface area (Å²) in [6, 6.07) is 30.6. The molecule has 0 fully saturated rings. The molecule has 6 nitrogen and oxygen atoms in total. The topological polar surface area (TPSA) is 80.2 Å². The molecule has 0 saturated heterocycles. The van der Waals surface area contributed by atoms with Crippen LogP contribution in [0.25, 0.3) is 11.1 Å². The number of aliphatic hydroxyl groups excluding tert-OH is 1. The van der Waals surface area contributed by atoms with E-state index in [1.807, 2.05) is 61.5 Å². The lowest BCUT2D eigenvalue weighted by molar-refractivity contribution is 0.0145. The minimum absolute atomic E-state index is 0.00159. The standard InChI is InChI=1S/C30H26N2O4/c1-20-8-2-3-9-24(20)30(34)31-21-14-16-23(17-15-21)35-18-22(33)19-36-32-29-27-12-6-4-10-25(27)26-11-5-7-13-28(26)29/h2-17,22,33H,18-19H2,1H3,(H,31,34)/t22-/m0/s1. The number of fused-ring (bicyclic) bond motifs is 3. The number of aliphatic hydroxyl groups is 1. The molecule has 1 aliphatic carbocycles. The molecule has 0 aromatic heterocycles. The van der Waals surface area contributed by atoms with Crippen LogP contribution in [0.1, 0.15) is 27.0 Å². The SMILES string of the molecule is Cc1ccccc1C(=O)Nc1ccc(OC[C@H](O)CON=C2c3ccccc3-c3ccccc32)cc1. The molecular formula is C30H26N2O4. The van der Waals surface area contributed by atoms with Crippen LogP contribution in [-0.2, 0) is 4.84 Å². The van der Waals surface area contributed by atoms with E-state index in [9.17, 15) is 9.90 Å². The van der Waals surface area contributed by atoms with Gasteiger partial charge in [-0.05, 0) is 53.9 Å². The van der Waals surface area contributed by atoms with Crippen molar-refractivity contribution < 1.29 is 19.5 Å². The quantitative estimate of drug-likeness (QED) is 0.291. The lowest BCUT2D eigenvalue weighted by Crippen LogP contribution is -2.22. The third-order valence-electron chi connectivity index (χ3n) is 6.02. The van der Waals surface area contributed by atoms with E-state index in [0.29, 0.717) is 17.0 Å². The number of nitrogens with one attached hydrogen (secondary N) is 1. The van der Waals surface area contributed by atoms with Gasteiger partial charge in [0.05, 0.1) is 0 Å². The van der Waals surface area contributed by atoms with Crippen LogP contribution < -0.4 is 10.1 Å². The largest absolute Gasteiger partial charge is 0.491 e. The van der Waals surface area contributed by atoms with Crippen molar-refractivity contribution in [3.8, 4) is 16.9 Å². The van der Waals surface area contributed by atoms with Crippen molar-refractivity contribution in [2.75, 3.05) is 18.5 Å². The lowest BCUT2D eigenvalue weighted by Gasteiger charge is -2.12. The molecule has 0 aliphatic heterocycles. The first-order chi connectivity index (χ1) is 17.6. The summed E-state index contributed by atoms with van der Waals surface area (Å²) in [5.74, 6) is 0.413. The molecule has 4 aromatic rings. The summed E-state index contributed by atoms with van der Waals surface area (Å²) in [7, 11) is 0. The van der Waals surface area contributed by atoms with Crippen LogP contribution in [0.2, 0.25) is 0 Å². The zero-order chi connectivity index (χ0) is 24.9. The first-order valence-corrected chi connectivity index (χ1v) is 11.8. The molecule has 36 heavy (non-hydrogen) atoms. The number of oxime groups is 1. The van der Waals surface area contributed by atoms with Crippen molar-refractivity contribution in [3.05, 3.63) is 119 Å². The molecule has 0 bridgehead atoms. The molecule has 1 atom stereocenters. The normalized spacial score (nSPS) is 12.3. The molecule has 180 valence electrons. The van der Waals surface area contributed by atoms with Gasteiger partial charge in [0.1, 0.15) is 30.8 Å². The molecule has 2 N–H and O–H groups in total. The molecule has 0 saturated carbocycles. The average molecular weight is 479 g/mol. The van der Waals surface area contributed by atoms with Crippen LogP contribution in [0, 0.1) is 6.92 Å². The zero-order valence-corrected chi connectivity index (χ0v) is 19.8. The summed E-state index contributed by atoms with van der Waals surface area (Å²) >= 11 is 0. The highest BCUT2D eigenvalue weighted by molar-refractivity contribution is 6.24. The van der Waals surface area contributed by atoms with Gasteiger partial charge in [0, 0.05) is 22.4 Å². The second kappa shape index (κ2) is 10.5. The number of nitrogens with zero attached hydrogens (tertiary/aromatic N) is 1. The highest BCUT2D eigenvalue weighted by Crippen LogP contribution is 2.36. The molecule has 5 rings (SSSR count). The van der Waals surface area contributed by atoms with Gasteiger partial charge >= 0.3 is 0 Å². The Kier molecular flexibility index (Phi) is 6.78. The van der Waals surface area contributed by atoms with Crippen molar-refractivity contribution in [3.63, 3.8) is 0 Å². The second-order valence-electron chi connectivity index (χ2n) is 8.59. The molecular weight excluding hydrogens is 452 g/mol. The summed E-state index contributed by atoms with van der Waals surface area (Å²) in [4.78, 5) is 18.0. The van der Waals surface area contributed by atoms with Gasteiger partial charge in [-0.25, -0.2) is 0 Å². The third-order valence-corrected chi connectivity index (χ3v) is 6.02. The number of hydrogen-bond donors (Lipinski definition) is 2. The maximum absolute atomic E-state index is 12.5. The fourth-order valence-electron chi connectivity index (χ4n) is 4.18. The Labute approximate surface area is 209 Å². The van der Waals surface area contributed by atoms with Gasteiger partial charge in [-0.15, -0.1) is 0 Å². The maximum Gasteiger partial charge on any atom is 0.255 e. The van der Waals surface area contributed by atoms with Crippen molar-refractivity contribution in [2.45, 2.75) is 13.0 Å². The first kappa shape index (κ1) is 23.3. The van der Waals surface area contributed by atoms with E-state index in [-0.39, 0.29) is 19.1 Å². The van der Waals surface area contributed by atoms with Crippen LogP contribution >= 0.6 is 0 Å². The summed E-state index contributed by atoms with van der Waals surface area (Å²) in [6.45, 7) is 1.95. The predicted octanol–water partition coefficient (Wildman–Crippen LogP) is 5.44. The van der Waals surface area contributed by atoms with E-state index < -0.39 is 6.10 Å². The van der Waals surface area contributed by atoms with Crippen molar-refractivity contribution in [1.29, 1.82) is 0 Å². The number of aryl methyl sites for hydroxylation is 1. The fourth-order valence-corrected chi connectivity index (χ4v) is 4.18. The van der Waals surface area contributed by atoms with Crippen LogP contribution in [0.3, 0.4) is 0 Å². The Hall–Kier alpha value is -4.42. The van der Waals surface area contributed by atoms with Crippen LogP contribution in [0.15, 0.2) is 102 Å². The summed E-state index contributed by atoms with van der Waals surface area (Å²) in [5.41, 5.74) is 7.24. The van der Waals surface area contributed by atoms with E-state index in [1.54, 1.807) is 30.3 Å². The number of benzene rings is 4. The van der Waals surface area contributed by atoms with Crippen molar-refractivity contribution >= 4 is 17.3 Å². The van der Waals surface area contributed by atoms with Gasteiger partial charge in [-0.3, -0.25) is 4.79 Å². The van der Waals surface area contributed by atoms with Gasteiger partial charge in [-0.1, -0.05) is 71.9 Å². The Balaban J connectivity index is 1.13. The monoisotopic (exact) mass is 478 g/mol. The second-order valence-corrected chi connectivity index (χ2v) is 8.59. The van der Waals surface area contributed by atoms with E-state index in [1.165, 1.54) is 0 Å². The minimum Gasteiger partial charge on any atom is -0.491 e. The fraction of sp³-hybridized carbons (Fsp3) is 0.133. The van der Waals surface area contributed by atoms with Crippen LogP contribution in [0.5, 0.6) is 5.75 Å². The Morgan fingerprint density at radius 3 is 2.03 bits per heavy atom. The molecule has 0 heterocycles. The molecule has 0 unspecified atom stereocenters. The van der Waals surface area contributed by atoms with E-state index in [0.717, 1.165) is 33.5 Å². The Bertz CT molecular complexity index is 1370. The Morgan fingerprint density at radius 1 is 0.806 bits per heavy atom. The van der Waals surface area contributed by atoms with Gasteiger partial charge < -0.3 is 20.0 Å². The van der Waals surface area contributed by atoms with Gasteiger partial charge in [0.25, 0.3) is 5.91 Å². The highest BCUT2D eigenvalue weighted by atomic mass is 16.6. The van der Waals surface area contributed by atoms with E-state index in [2.05, 4.69) is 22.6 Å². The van der Waals surface area contributed by atoms with Crippen molar-refractivity contribution in [2.24, 2.45) is 5.16 Å². The molecule has 0 radical (unpaired) electrons. The van der Waals surface area contributed by atoms with Crippen molar-refractivity contribution in [1.82, 2.24) is 0 Å². The molecule has 1 aliphatic rings. The zero-order valence-electron chi connectivity index (χ0n) is 19.8. The van der Waals surface area contributed by atoms with Crippen LogP contribution in [0.4, 0.5) is 5.69 Å². The summed E-state index contributed by atoms with van der Waals surface area (Å²) in [5, 5.41) is 17.5. The number of anilines is 1. The molecule has 0 spiro atoms. The smallest absolute Gasteiger partial charge is 0.255 e. The van der Waals surface area contributed by atoms with Gasteiger partial charge in [0.2, 0.25) is 0 Å². The van der Waals surface area contributed by atoms with Gasteiger partial charge in [-0.2, -0.15) is 0 Å². The first-order valence-electron chi connectivity index (χ1n) is 11.8. The predicted molar refractivity (Wildman–Crippen MR) is 141 cm³/mol. The summed E-state index contributed by atoms with van der Waals surface area (Å²) < 4.78 is 5.68. The van der Waals surface area contributed by atoms with Gasteiger partial charge in [0.15, 0.2) is 0 Å². The van der Waals surface area contributed by atoms with E-state index >= 15 is 0 Å². The van der Waals surface area contributed by atoms with E-state index in [4.69, 9.17) is 9.57 Å². The molecule has 6 heteroatoms. The number of rotatable bonds is 8. The minimum atomic E-state index is -0.860. The molecule has 4 aromatic carbocycles. The number of carbonyl (C=O) groups excluding carboxylic acids is 1. The molecule has 1 amide bonds. The Morgan fingerprint density at radius 2 is 1.39 bits per heavy atom. The maximum atomic E-state index is 12.5. The lowest BCUT2D eigenvalue weighted by atomic mass is 10.1. The number of hydrogen-bond acceptors (Lipinski definition) is 5. The summed E-state index contributed by atoms with van der Waals surface area (Å²) in [6.07, 6.45) is -0.860. The number of amides is 1. The number of carbonyl (C=O) groups is 1. The average Bonchev–Trinajstić information content (AvgIpc) is 3.22. The highest BCUT2D eigenvalue weighted by Gasteiger charge is 2.24.